The van der Waals surface area contributed by atoms with Gasteiger partial charge in [0.25, 0.3) is 0 Å². The zero-order valence-electron chi connectivity index (χ0n) is 11.5. The van der Waals surface area contributed by atoms with E-state index in [0.717, 1.165) is 44.2 Å². The fourth-order valence-electron chi connectivity index (χ4n) is 2.89. The Morgan fingerprint density at radius 1 is 1.24 bits per heavy atom. The number of unbranched alkanes of at least 4 members (excludes halogenated alkanes) is 2. The molecule has 3 unspecified atom stereocenters. The molecule has 102 valence electrons. The Morgan fingerprint density at radius 3 is 2.59 bits per heavy atom. The molecule has 0 aromatic rings. The monoisotopic (exact) mass is 242 g/mol. The van der Waals surface area contributed by atoms with E-state index in [2.05, 4.69) is 19.2 Å². The molecule has 1 saturated carbocycles. The van der Waals surface area contributed by atoms with Crippen molar-refractivity contribution in [3.8, 4) is 0 Å². The van der Waals surface area contributed by atoms with Crippen LogP contribution in [0.1, 0.15) is 52.4 Å². The highest BCUT2D eigenvalue weighted by atomic mass is 16.2. The average molecular weight is 242 g/mol. The van der Waals surface area contributed by atoms with Crippen molar-refractivity contribution in [3.63, 3.8) is 0 Å². The maximum absolute atomic E-state index is 8.73. The number of aliphatic hydroxyl groups excluding tert-OH is 1. The van der Waals surface area contributed by atoms with Crippen molar-refractivity contribution in [1.29, 1.82) is 0 Å². The van der Waals surface area contributed by atoms with Crippen LogP contribution in [0.5, 0.6) is 0 Å². The van der Waals surface area contributed by atoms with Crippen molar-refractivity contribution < 1.29 is 5.11 Å². The molecule has 0 aromatic carbocycles. The van der Waals surface area contributed by atoms with Crippen LogP contribution in [0, 0.1) is 11.8 Å². The third-order valence-electron chi connectivity index (χ3n) is 4.49. The lowest BCUT2D eigenvalue weighted by Crippen LogP contribution is -2.55. The number of aliphatic hydroxyl groups is 1. The van der Waals surface area contributed by atoms with Gasteiger partial charge in [0.05, 0.1) is 0 Å². The second kappa shape index (κ2) is 7.34. The largest absolute Gasteiger partial charge is 0.396 e. The molecule has 0 amide bonds. The van der Waals surface area contributed by atoms with Gasteiger partial charge in [-0.15, -0.1) is 0 Å². The Hall–Kier alpha value is -0.120. The Morgan fingerprint density at radius 2 is 2.00 bits per heavy atom. The highest BCUT2D eigenvalue weighted by molar-refractivity contribution is 4.95. The Bertz CT molecular complexity index is 210. The lowest BCUT2D eigenvalue weighted by molar-refractivity contribution is 0.146. The minimum atomic E-state index is 0.186. The first-order chi connectivity index (χ1) is 8.13. The molecule has 4 N–H and O–H groups in total. The van der Waals surface area contributed by atoms with Gasteiger partial charge in [-0.1, -0.05) is 13.8 Å². The van der Waals surface area contributed by atoms with E-state index in [1.54, 1.807) is 0 Å². The van der Waals surface area contributed by atoms with Crippen LogP contribution >= 0.6 is 0 Å². The minimum Gasteiger partial charge on any atom is -0.396 e. The van der Waals surface area contributed by atoms with E-state index in [1.807, 2.05) is 0 Å². The SMILES string of the molecule is CC1CCC(CN)(NCCCCCO)CC1C. The molecule has 1 aliphatic carbocycles. The Balaban J connectivity index is 2.31. The zero-order valence-corrected chi connectivity index (χ0v) is 11.5. The van der Waals surface area contributed by atoms with E-state index in [4.69, 9.17) is 10.8 Å². The van der Waals surface area contributed by atoms with Gasteiger partial charge in [-0.3, -0.25) is 0 Å². The number of hydrogen-bond acceptors (Lipinski definition) is 3. The Labute approximate surface area is 106 Å². The first-order valence-electron chi connectivity index (χ1n) is 7.19. The highest BCUT2D eigenvalue weighted by Crippen LogP contribution is 2.35. The van der Waals surface area contributed by atoms with Crippen LogP contribution < -0.4 is 11.1 Å². The van der Waals surface area contributed by atoms with Gasteiger partial charge in [0, 0.05) is 18.7 Å². The van der Waals surface area contributed by atoms with E-state index in [9.17, 15) is 0 Å². The number of rotatable bonds is 7. The van der Waals surface area contributed by atoms with Gasteiger partial charge in [-0.05, 0) is 56.9 Å². The summed E-state index contributed by atoms with van der Waals surface area (Å²) in [5.74, 6) is 1.61. The molecule has 3 nitrogen and oxygen atoms in total. The van der Waals surface area contributed by atoms with Gasteiger partial charge in [-0.25, -0.2) is 0 Å². The summed E-state index contributed by atoms with van der Waals surface area (Å²) in [6, 6.07) is 0. The Kier molecular flexibility index (Phi) is 6.45. The summed E-state index contributed by atoms with van der Waals surface area (Å²) < 4.78 is 0. The van der Waals surface area contributed by atoms with Crippen LogP contribution in [0.3, 0.4) is 0 Å². The van der Waals surface area contributed by atoms with E-state index < -0.39 is 0 Å². The second-order valence-corrected chi connectivity index (χ2v) is 5.89. The summed E-state index contributed by atoms with van der Waals surface area (Å²) in [7, 11) is 0. The summed E-state index contributed by atoms with van der Waals surface area (Å²) >= 11 is 0. The van der Waals surface area contributed by atoms with Crippen molar-refractivity contribution in [1.82, 2.24) is 5.32 Å². The summed E-state index contributed by atoms with van der Waals surface area (Å²) in [6.45, 7) is 6.81. The summed E-state index contributed by atoms with van der Waals surface area (Å²) in [5.41, 5.74) is 6.17. The molecule has 3 heteroatoms. The molecule has 1 rings (SSSR count). The number of nitrogens with one attached hydrogen (secondary N) is 1. The predicted octanol–water partition coefficient (Wildman–Crippen LogP) is 1.89. The molecule has 0 aromatic heterocycles. The fraction of sp³-hybridized carbons (Fsp3) is 1.00. The summed E-state index contributed by atoms with van der Waals surface area (Å²) in [5, 5.41) is 12.4. The fourth-order valence-corrected chi connectivity index (χ4v) is 2.89. The van der Waals surface area contributed by atoms with Crippen molar-refractivity contribution >= 4 is 0 Å². The van der Waals surface area contributed by atoms with Crippen LogP contribution in [-0.4, -0.2) is 30.3 Å². The number of hydrogen-bond donors (Lipinski definition) is 3. The molecular formula is C14H30N2O. The minimum absolute atomic E-state index is 0.186. The van der Waals surface area contributed by atoms with Crippen LogP contribution in [-0.2, 0) is 0 Å². The van der Waals surface area contributed by atoms with Crippen LogP contribution in [0.15, 0.2) is 0 Å². The first-order valence-corrected chi connectivity index (χ1v) is 7.19. The third kappa shape index (κ3) is 4.57. The molecule has 0 spiro atoms. The predicted molar refractivity (Wildman–Crippen MR) is 72.9 cm³/mol. The highest BCUT2D eigenvalue weighted by Gasteiger charge is 2.35. The molecule has 0 heterocycles. The lowest BCUT2D eigenvalue weighted by atomic mass is 9.71. The molecule has 0 saturated heterocycles. The zero-order chi connectivity index (χ0) is 12.7. The van der Waals surface area contributed by atoms with Gasteiger partial charge < -0.3 is 16.2 Å². The molecule has 1 fully saturated rings. The average Bonchev–Trinajstić information content (AvgIpc) is 2.34. The molecule has 0 radical (unpaired) electrons. The van der Waals surface area contributed by atoms with E-state index >= 15 is 0 Å². The third-order valence-corrected chi connectivity index (χ3v) is 4.49. The van der Waals surface area contributed by atoms with Crippen LogP contribution in [0.2, 0.25) is 0 Å². The topological polar surface area (TPSA) is 58.3 Å². The van der Waals surface area contributed by atoms with Crippen molar-refractivity contribution in [2.75, 3.05) is 19.7 Å². The molecule has 1 aliphatic rings. The van der Waals surface area contributed by atoms with Crippen molar-refractivity contribution in [3.05, 3.63) is 0 Å². The van der Waals surface area contributed by atoms with Crippen molar-refractivity contribution in [2.24, 2.45) is 17.6 Å². The molecule has 0 aliphatic heterocycles. The molecule has 17 heavy (non-hydrogen) atoms. The van der Waals surface area contributed by atoms with E-state index in [-0.39, 0.29) is 5.54 Å². The van der Waals surface area contributed by atoms with Gasteiger partial charge in [-0.2, -0.15) is 0 Å². The van der Waals surface area contributed by atoms with Gasteiger partial charge in [0.2, 0.25) is 0 Å². The van der Waals surface area contributed by atoms with Gasteiger partial charge in [0.1, 0.15) is 0 Å². The lowest BCUT2D eigenvalue weighted by Gasteiger charge is -2.43. The molecule has 0 bridgehead atoms. The standard InChI is InChI=1S/C14H30N2O/c1-12-6-7-14(11-15,10-13(12)2)16-8-4-3-5-9-17/h12-13,16-17H,3-11,15H2,1-2H3. The maximum atomic E-state index is 8.73. The summed E-state index contributed by atoms with van der Waals surface area (Å²) in [6.07, 6.45) is 6.90. The summed E-state index contributed by atoms with van der Waals surface area (Å²) in [4.78, 5) is 0. The first kappa shape index (κ1) is 14.9. The van der Waals surface area contributed by atoms with Crippen LogP contribution in [0.4, 0.5) is 0 Å². The van der Waals surface area contributed by atoms with Crippen molar-refractivity contribution in [2.45, 2.75) is 57.9 Å². The maximum Gasteiger partial charge on any atom is 0.0431 e. The number of nitrogens with two attached hydrogens (primary N) is 1. The molecule has 3 atom stereocenters. The molecular weight excluding hydrogens is 212 g/mol. The van der Waals surface area contributed by atoms with Gasteiger partial charge >= 0.3 is 0 Å². The second-order valence-electron chi connectivity index (χ2n) is 5.89. The van der Waals surface area contributed by atoms with E-state index in [0.29, 0.717) is 6.61 Å². The quantitative estimate of drug-likeness (QED) is 0.598. The van der Waals surface area contributed by atoms with E-state index in [1.165, 1.54) is 19.3 Å². The normalized spacial score (nSPS) is 33.9. The van der Waals surface area contributed by atoms with Gasteiger partial charge in [0.15, 0.2) is 0 Å². The smallest absolute Gasteiger partial charge is 0.0431 e. The van der Waals surface area contributed by atoms with Crippen LogP contribution in [0.25, 0.3) is 0 Å².